The quantitative estimate of drug-likeness (QED) is 0.590. The molecule has 1 saturated heterocycles. The largest absolute Gasteiger partial charge is 0.356 e. The van der Waals surface area contributed by atoms with E-state index >= 15 is 0 Å². The van der Waals surface area contributed by atoms with Crippen LogP contribution in [0, 0.1) is 0 Å². The summed E-state index contributed by atoms with van der Waals surface area (Å²) in [4.78, 5) is 32.1. The summed E-state index contributed by atoms with van der Waals surface area (Å²) in [5, 5.41) is 3.01. The number of likely N-dealkylation sites (tertiary alicyclic amines) is 1. The summed E-state index contributed by atoms with van der Waals surface area (Å²) >= 11 is 0. The highest BCUT2D eigenvalue weighted by molar-refractivity contribution is 5.81. The van der Waals surface area contributed by atoms with Gasteiger partial charge in [-0.3, -0.25) is 9.59 Å². The Morgan fingerprint density at radius 3 is 2.38 bits per heavy atom. The van der Waals surface area contributed by atoms with E-state index in [1.807, 2.05) is 64.1 Å². The highest BCUT2D eigenvalue weighted by Gasteiger charge is 2.19. The zero-order valence-corrected chi connectivity index (χ0v) is 18.6. The summed E-state index contributed by atoms with van der Waals surface area (Å²) in [6, 6.07) is 18.0. The number of aryl methyl sites for hydroxylation is 1. The van der Waals surface area contributed by atoms with Gasteiger partial charge in [0.2, 0.25) is 11.8 Å². The van der Waals surface area contributed by atoms with Crippen LogP contribution in [-0.2, 0) is 29.0 Å². The number of hydrogen-bond donors (Lipinski definition) is 1. The zero-order valence-electron chi connectivity index (χ0n) is 18.6. The molecule has 6 heteroatoms. The fraction of sp³-hybridized carbons (Fsp3) is 0.423. The van der Waals surface area contributed by atoms with Crippen molar-refractivity contribution < 1.29 is 9.59 Å². The summed E-state index contributed by atoms with van der Waals surface area (Å²) in [5.74, 6) is 1.04. The van der Waals surface area contributed by atoms with Gasteiger partial charge in [-0.05, 0) is 37.0 Å². The second kappa shape index (κ2) is 10.9. The molecule has 0 spiro atoms. The number of hydrogen-bond acceptors (Lipinski definition) is 3. The molecule has 0 unspecified atom stereocenters. The molecule has 6 nitrogen and oxygen atoms in total. The first-order valence-corrected chi connectivity index (χ1v) is 11.7. The minimum Gasteiger partial charge on any atom is -0.356 e. The van der Waals surface area contributed by atoms with Crippen LogP contribution in [0.2, 0.25) is 0 Å². The van der Waals surface area contributed by atoms with Crippen LogP contribution in [-0.4, -0.2) is 45.9 Å². The van der Waals surface area contributed by atoms with E-state index < -0.39 is 0 Å². The Morgan fingerprint density at radius 1 is 0.875 bits per heavy atom. The van der Waals surface area contributed by atoms with E-state index in [-0.39, 0.29) is 11.8 Å². The van der Waals surface area contributed by atoms with Crippen molar-refractivity contribution in [2.45, 2.75) is 51.5 Å². The molecule has 0 radical (unpaired) electrons. The number of aromatic nitrogens is 2. The van der Waals surface area contributed by atoms with Crippen LogP contribution in [0.5, 0.6) is 0 Å². The predicted molar refractivity (Wildman–Crippen MR) is 126 cm³/mol. The molecule has 0 aliphatic carbocycles. The van der Waals surface area contributed by atoms with Gasteiger partial charge in [-0.2, -0.15) is 0 Å². The summed E-state index contributed by atoms with van der Waals surface area (Å²) < 4.78 is 2.03. The molecular formula is C26H32N4O2. The van der Waals surface area contributed by atoms with Crippen molar-refractivity contribution in [3.05, 3.63) is 66.0 Å². The third-order valence-corrected chi connectivity index (χ3v) is 6.14. The van der Waals surface area contributed by atoms with Crippen LogP contribution >= 0.6 is 0 Å². The number of nitrogens with one attached hydrogen (secondary N) is 1. The highest BCUT2D eigenvalue weighted by Crippen LogP contribution is 2.18. The van der Waals surface area contributed by atoms with Gasteiger partial charge < -0.3 is 14.8 Å². The third kappa shape index (κ3) is 5.75. The van der Waals surface area contributed by atoms with E-state index in [2.05, 4.69) is 5.32 Å². The summed E-state index contributed by atoms with van der Waals surface area (Å²) in [5.41, 5.74) is 3.03. The Labute approximate surface area is 189 Å². The van der Waals surface area contributed by atoms with E-state index in [0.29, 0.717) is 25.9 Å². The standard InChI is InChI=1S/C26H32N4O2/c31-25(15-14-21-10-4-3-5-11-21)27-17-16-24-28-22-12-6-7-13-23(22)30(24)20-26(32)29-18-8-1-2-9-19-29/h3-7,10-13H,1-2,8-9,14-20H2,(H,27,31). The minimum absolute atomic E-state index is 0.0390. The van der Waals surface area contributed by atoms with Gasteiger partial charge in [0.25, 0.3) is 0 Å². The Bertz CT molecular complexity index is 1040. The average Bonchev–Trinajstić information content (AvgIpc) is 2.98. The molecule has 2 amide bonds. The lowest BCUT2D eigenvalue weighted by atomic mass is 10.1. The van der Waals surface area contributed by atoms with E-state index in [0.717, 1.165) is 54.8 Å². The first kappa shape index (κ1) is 22.1. The van der Waals surface area contributed by atoms with Gasteiger partial charge in [0, 0.05) is 32.5 Å². The molecule has 0 bridgehead atoms. The second-order valence-electron chi connectivity index (χ2n) is 8.48. The summed E-state index contributed by atoms with van der Waals surface area (Å²) in [7, 11) is 0. The zero-order chi connectivity index (χ0) is 22.2. The lowest BCUT2D eigenvalue weighted by Gasteiger charge is -2.21. The van der Waals surface area contributed by atoms with Gasteiger partial charge in [0.1, 0.15) is 12.4 Å². The molecule has 3 aromatic rings. The lowest BCUT2D eigenvalue weighted by Crippen LogP contribution is -2.35. The van der Waals surface area contributed by atoms with E-state index in [9.17, 15) is 9.59 Å². The van der Waals surface area contributed by atoms with Crippen molar-refractivity contribution in [3.8, 4) is 0 Å². The smallest absolute Gasteiger partial charge is 0.242 e. The lowest BCUT2D eigenvalue weighted by molar-refractivity contribution is -0.131. The molecule has 1 aliphatic rings. The van der Waals surface area contributed by atoms with Crippen molar-refractivity contribution in [1.82, 2.24) is 19.8 Å². The Kier molecular flexibility index (Phi) is 7.54. The molecule has 2 aromatic carbocycles. The number of nitrogens with zero attached hydrogens (tertiary/aromatic N) is 3. The van der Waals surface area contributed by atoms with Crippen molar-refractivity contribution in [2.24, 2.45) is 0 Å². The number of rotatable bonds is 8. The Balaban J connectivity index is 1.37. The van der Waals surface area contributed by atoms with Gasteiger partial charge in [-0.15, -0.1) is 0 Å². The maximum Gasteiger partial charge on any atom is 0.242 e. The highest BCUT2D eigenvalue weighted by atomic mass is 16.2. The van der Waals surface area contributed by atoms with Gasteiger partial charge in [0.15, 0.2) is 0 Å². The first-order valence-electron chi connectivity index (χ1n) is 11.7. The fourth-order valence-corrected chi connectivity index (χ4v) is 4.35. The Hall–Kier alpha value is -3.15. The molecule has 4 rings (SSSR count). The molecule has 168 valence electrons. The van der Waals surface area contributed by atoms with Gasteiger partial charge >= 0.3 is 0 Å². The topological polar surface area (TPSA) is 67.2 Å². The maximum atomic E-state index is 13.0. The molecule has 1 aliphatic heterocycles. The van der Waals surface area contributed by atoms with E-state index in [4.69, 9.17) is 4.98 Å². The average molecular weight is 433 g/mol. The Morgan fingerprint density at radius 2 is 1.59 bits per heavy atom. The normalized spacial score (nSPS) is 14.3. The third-order valence-electron chi connectivity index (χ3n) is 6.14. The monoisotopic (exact) mass is 432 g/mol. The number of fused-ring (bicyclic) bond motifs is 1. The van der Waals surface area contributed by atoms with Crippen LogP contribution in [0.15, 0.2) is 54.6 Å². The van der Waals surface area contributed by atoms with Crippen LogP contribution in [0.4, 0.5) is 0 Å². The predicted octanol–water partition coefficient (Wildman–Crippen LogP) is 3.73. The van der Waals surface area contributed by atoms with Gasteiger partial charge in [0.05, 0.1) is 11.0 Å². The molecule has 32 heavy (non-hydrogen) atoms. The van der Waals surface area contributed by atoms with E-state index in [1.165, 1.54) is 12.8 Å². The van der Waals surface area contributed by atoms with Gasteiger partial charge in [-0.25, -0.2) is 4.98 Å². The number of amides is 2. The second-order valence-corrected chi connectivity index (χ2v) is 8.48. The molecule has 1 N–H and O–H groups in total. The number of para-hydroxylation sites is 2. The molecule has 1 aromatic heterocycles. The van der Waals surface area contributed by atoms with Crippen LogP contribution < -0.4 is 5.32 Å². The molecule has 0 saturated carbocycles. The SMILES string of the molecule is O=C(CCc1ccccc1)NCCc1nc2ccccc2n1CC(=O)N1CCCCCC1. The number of imidazole rings is 1. The summed E-state index contributed by atoms with van der Waals surface area (Å²) in [6.07, 6.45) is 6.36. The molecule has 0 atom stereocenters. The van der Waals surface area contributed by atoms with Gasteiger partial charge in [-0.1, -0.05) is 55.3 Å². The number of benzene rings is 2. The minimum atomic E-state index is 0.0390. The van der Waals surface area contributed by atoms with Crippen LogP contribution in [0.1, 0.15) is 43.5 Å². The van der Waals surface area contributed by atoms with Crippen molar-refractivity contribution in [1.29, 1.82) is 0 Å². The van der Waals surface area contributed by atoms with Crippen LogP contribution in [0.25, 0.3) is 11.0 Å². The maximum absolute atomic E-state index is 13.0. The fourth-order valence-electron chi connectivity index (χ4n) is 4.35. The van der Waals surface area contributed by atoms with Crippen molar-refractivity contribution in [2.75, 3.05) is 19.6 Å². The van der Waals surface area contributed by atoms with E-state index in [1.54, 1.807) is 0 Å². The number of carbonyl (C=O) groups is 2. The van der Waals surface area contributed by atoms with Crippen molar-refractivity contribution in [3.63, 3.8) is 0 Å². The number of carbonyl (C=O) groups excluding carboxylic acids is 2. The van der Waals surface area contributed by atoms with Crippen molar-refractivity contribution >= 4 is 22.8 Å². The first-order chi connectivity index (χ1) is 15.7. The van der Waals surface area contributed by atoms with Crippen LogP contribution in [0.3, 0.4) is 0 Å². The molecule has 2 heterocycles. The molecular weight excluding hydrogens is 400 g/mol. The molecule has 1 fully saturated rings. The summed E-state index contributed by atoms with van der Waals surface area (Å²) in [6.45, 7) is 2.50.